The molecule has 1 atom stereocenters. The first-order chi connectivity index (χ1) is 5.08. The first-order valence-electron chi connectivity index (χ1n) is 2.63. The van der Waals surface area contributed by atoms with Gasteiger partial charge in [0.2, 0.25) is 0 Å². The molecule has 7 heteroatoms. The fraction of sp³-hybridized carbons (Fsp3) is 0. The Kier molecular flexibility index (Phi) is 2.19. The second-order valence-electron chi connectivity index (χ2n) is 1.67. The van der Waals surface area contributed by atoms with E-state index in [0.717, 1.165) is 11.1 Å². The minimum Gasteiger partial charge on any atom is -0.743 e. The van der Waals surface area contributed by atoms with E-state index in [0.29, 0.717) is 0 Å². The van der Waals surface area contributed by atoms with Gasteiger partial charge in [-0.1, -0.05) is 4.98 Å². The van der Waals surface area contributed by atoms with Crippen molar-refractivity contribution in [3.8, 4) is 0 Å². The van der Waals surface area contributed by atoms with Crippen molar-refractivity contribution in [2.75, 3.05) is 0 Å². The normalized spacial score (nSPS) is 15.5. The summed E-state index contributed by atoms with van der Waals surface area (Å²) in [5.74, 6) is 0. The number of aromatic nitrogens is 2. The molecule has 60 valence electrons. The average Bonchev–Trinajstić information content (AvgIpc) is 1.85. The van der Waals surface area contributed by atoms with E-state index in [9.17, 15) is 9.46 Å². The molecule has 1 aromatic rings. The van der Waals surface area contributed by atoms with Crippen LogP contribution in [-0.2, 0) is 4.57 Å². The largest absolute Gasteiger partial charge is 0.743 e. The lowest BCUT2D eigenvalue weighted by atomic mass is 10.7. The smallest absolute Gasteiger partial charge is 0.364 e. The Morgan fingerprint density at radius 1 is 1.73 bits per heavy atom. The highest BCUT2D eigenvalue weighted by Gasteiger charge is 2.06. The van der Waals surface area contributed by atoms with Crippen molar-refractivity contribution < 1.29 is 23.7 Å². The van der Waals surface area contributed by atoms with E-state index in [2.05, 4.69) is 9.61 Å². The molecule has 0 bridgehead atoms. The molecular weight excluding hydrogens is 171 g/mol. The molecule has 1 N–H and O–H groups in total. The van der Waals surface area contributed by atoms with Crippen LogP contribution in [0.15, 0.2) is 24.8 Å². The van der Waals surface area contributed by atoms with Crippen LogP contribution in [0.4, 0.5) is 0 Å². The van der Waals surface area contributed by atoms with Crippen molar-refractivity contribution in [1.29, 1.82) is 0 Å². The molecule has 0 saturated carbocycles. The fourth-order valence-corrected chi connectivity index (χ4v) is 0.818. The molecule has 1 unspecified atom stereocenters. The van der Waals surface area contributed by atoms with E-state index in [4.69, 9.17) is 4.89 Å². The minimum atomic E-state index is -4.71. The molecule has 0 aromatic carbocycles. The Morgan fingerprint density at radius 3 is 2.91 bits per heavy atom. The molecule has 0 saturated heterocycles. The van der Waals surface area contributed by atoms with E-state index >= 15 is 0 Å². The van der Waals surface area contributed by atoms with Gasteiger partial charge in [-0.2, -0.15) is 0 Å². The third-order valence-corrected chi connectivity index (χ3v) is 1.18. The summed E-state index contributed by atoms with van der Waals surface area (Å²) in [5, 5.41) is 0. The van der Waals surface area contributed by atoms with Crippen LogP contribution >= 0.6 is 7.82 Å². The Balaban J connectivity index is 2.74. The van der Waals surface area contributed by atoms with Crippen LogP contribution in [0.3, 0.4) is 0 Å². The summed E-state index contributed by atoms with van der Waals surface area (Å²) in [6.45, 7) is 0. The highest BCUT2D eigenvalue weighted by atomic mass is 31.2. The summed E-state index contributed by atoms with van der Waals surface area (Å²) in [5.41, 5.74) is 0. The van der Waals surface area contributed by atoms with Gasteiger partial charge in [0.15, 0.2) is 0 Å². The zero-order valence-electron chi connectivity index (χ0n) is 5.32. The molecular formula is C4H5N2O4P. The van der Waals surface area contributed by atoms with Crippen LogP contribution in [-0.4, -0.2) is 9.88 Å². The van der Waals surface area contributed by atoms with Crippen LogP contribution in [0.2, 0.25) is 0 Å². The fourth-order valence-electron chi connectivity index (χ4n) is 0.483. The minimum absolute atomic E-state index is 0.772. The summed E-state index contributed by atoms with van der Waals surface area (Å²) in [6.07, 6.45) is 3.82. The van der Waals surface area contributed by atoms with Gasteiger partial charge in [0.25, 0.3) is 0 Å². The molecule has 0 aliphatic carbocycles. The highest BCUT2D eigenvalue weighted by Crippen LogP contribution is 2.22. The zero-order chi connectivity index (χ0) is 8.32. The predicted octanol–water partition coefficient (Wildman–Crippen LogP) is -1.74. The van der Waals surface area contributed by atoms with E-state index in [1.807, 2.05) is 0 Å². The SMILES string of the molecule is O=P([O-])(O)O[n+]1cccnc1. The Hall–Kier alpha value is -0.970. The lowest BCUT2D eigenvalue weighted by Gasteiger charge is -2.10. The summed E-state index contributed by atoms with van der Waals surface area (Å²) < 4.78 is 14.9. The number of nitrogens with zero attached hydrogens (tertiary/aromatic N) is 2. The maximum atomic E-state index is 10.1. The van der Waals surface area contributed by atoms with Gasteiger partial charge in [-0.3, -0.25) is 9.19 Å². The van der Waals surface area contributed by atoms with Gasteiger partial charge in [-0.15, -0.1) is 0 Å². The van der Waals surface area contributed by atoms with Gasteiger partial charge in [-0.25, -0.2) is 0 Å². The Morgan fingerprint density at radius 2 is 2.45 bits per heavy atom. The van der Waals surface area contributed by atoms with Gasteiger partial charge in [0.05, 0.1) is 0 Å². The van der Waals surface area contributed by atoms with Crippen LogP contribution < -0.4 is 14.2 Å². The number of phosphoric acid groups is 1. The van der Waals surface area contributed by atoms with Gasteiger partial charge in [0, 0.05) is 6.07 Å². The van der Waals surface area contributed by atoms with Crippen molar-refractivity contribution >= 4 is 7.82 Å². The third kappa shape index (κ3) is 3.08. The second kappa shape index (κ2) is 2.96. The number of rotatable bonds is 2. The maximum absolute atomic E-state index is 10.1. The molecule has 1 rings (SSSR count). The van der Waals surface area contributed by atoms with Crippen molar-refractivity contribution in [2.45, 2.75) is 0 Å². The van der Waals surface area contributed by atoms with Gasteiger partial charge in [0.1, 0.15) is 12.4 Å². The molecule has 0 spiro atoms. The quantitative estimate of drug-likeness (QED) is 0.427. The number of hydrogen-bond acceptors (Lipinski definition) is 4. The maximum Gasteiger partial charge on any atom is 0.364 e. The third-order valence-electron chi connectivity index (χ3n) is 0.783. The monoisotopic (exact) mass is 176 g/mol. The molecule has 1 heterocycles. The second-order valence-corrected chi connectivity index (χ2v) is 2.77. The van der Waals surface area contributed by atoms with Crippen LogP contribution in [0.1, 0.15) is 0 Å². The Labute approximate surface area is 62.3 Å². The Bertz CT molecular complexity index is 271. The lowest BCUT2D eigenvalue weighted by molar-refractivity contribution is -0.866. The van der Waals surface area contributed by atoms with Crippen molar-refractivity contribution in [2.24, 2.45) is 0 Å². The molecule has 1 aromatic heterocycles. The predicted molar refractivity (Wildman–Crippen MR) is 30.8 cm³/mol. The van der Waals surface area contributed by atoms with Crippen molar-refractivity contribution in [3.05, 3.63) is 24.8 Å². The first kappa shape index (κ1) is 8.13. The van der Waals surface area contributed by atoms with Gasteiger partial charge in [-0.05, 0) is 4.73 Å². The van der Waals surface area contributed by atoms with E-state index in [-0.39, 0.29) is 0 Å². The van der Waals surface area contributed by atoms with Gasteiger partial charge >= 0.3 is 14.2 Å². The van der Waals surface area contributed by atoms with Crippen molar-refractivity contribution in [3.63, 3.8) is 0 Å². The molecule has 6 nitrogen and oxygen atoms in total. The van der Waals surface area contributed by atoms with Gasteiger partial charge < -0.3 is 9.79 Å². The molecule has 0 aliphatic rings. The standard InChI is InChI=1S/C4H5N2O4P/c7-11(8,9)10-6-3-1-2-5-4-6/h1-4H,(H-,7,8,9). The van der Waals surface area contributed by atoms with E-state index < -0.39 is 7.82 Å². The van der Waals surface area contributed by atoms with Crippen molar-refractivity contribution in [1.82, 2.24) is 4.98 Å². The summed E-state index contributed by atoms with van der Waals surface area (Å²) in [7, 11) is -4.71. The topological polar surface area (TPSA) is 86.4 Å². The molecule has 0 radical (unpaired) electrons. The van der Waals surface area contributed by atoms with Crippen LogP contribution in [0.5, 0.6) is 0 Å². The summed E-state index contributed by atoms with van der Waals surface area (Å²) in [4.78, 5) is 21.8. The highest BCUT2D eigenvalue weighted by molar-refractivity contribution is 7.44. The molecule has 11 heavy (non-hydrogen) atoms. The summed E-state index contributed by atoms with van der Waals surface area (Å²) in [6, 6.07) is 1.45. The molecule has 0 fully saturated rings. The van der Waals surface area contributed by atoms with Crippen LogP contribution in [0.25, 0.3) is 0 Å². The molecule has 0 amide bonds. The zero-order valence-corrected chi connectivity index (χ0v) is 6.22. The first-order valence-corrected chi connectivity index (χ1v) is 4.13. The number of hydrogen-bond donors (Lipinski definition) is 1. The van der Waals surface area contributed by atoms with Crippen LogP contribution in [0, 0.1) is 0 Å². The average molecular weight is 176 g/mol. The summed E-state index contributed by atoms with van der Waals surface area (Å²) >= 11 is 0. The molecule has 0 aliphatic heterocycles. The van der Waals surface area contributed by atoms with E-state index in [1.54, 1.807) is 0 Å². The van der Waals surface area contributed by atoms with E-state index in [1.165, 1.54) is 18.5 Å². The lowest BCUT2D eigenvalue weighted by Crippen LogP contribution is -2.42.